The molecule has 1 aromatic rings. The molecule has 0 unspecified atom stereocenters. The van der Waals surface area contributed by atoms with Gasteiger partial charge in [0.1, 0.15) is 6.04 Å². The molecule has 0 aromatic heterocycles. The van der Waals surface area contributed by atoms with Crippen LogP contribution < -0.4 is 10.6 Å². The number of hydrogen-bond acceptors (Lipinski definition) is 3. The first-order chi connectivity index (χ1) is 11.0. The molecule has 0 fully saturated rings. The average molecular weight is 319 g/mol. The van der Waals surface area contributed by atoms with Crippen molar-refractivity contribution in [3.05, 3.63) is 35.4 Å². The Bertz CT molecular complexity index is 603. The van der Waals surface area contributed by atoms with Crippen molar-refractivity contribution in [3.8, 4) is 0 Å². The third-order valence-corrected chi connectivity index (χ3v) is 3.79. The Balaban J connectivity index is 1.74. The van der Waals surface area contributed by atoms with Crippen LogP contribution in [0.3, 0.4) is 0 Å². The summed E-state index contributed by atoms with van der Waals surface area (Å²) in [4.78, 5) is 36.0. The van der Waals surface area contributed by atoms with Crippen LogP contribution in [0.25, 0.3) is 0 Å². The van der Waals surface area contributed by atoms with Gasteiger partial charge < -0.3 is 20.6 Å². The number of carboxylic acid groups (broad SMARTS) is 1. The predicted octanol–water partition coefficient (Wildman–Crippen LogP) is 0.734. The molecule has 7 heteroatoms. The summed E-state index contributed by atoms with van der Waals surface area (Å²) in [6, 6.07) is 6.88. The minimum atomic E-state index is -1.09. The lowest BCUT2D eigenvalue weighted by molar-refractivity contribution is -0.141. The molecule has 0 aliphatic carbocycles. The topological polar surface area (TPSA) is 98.7 Å². The summed E-state index contributed by atoms with van der Waals surface area (Å²) in [6.07, 6.45) is 0.869. The molecule has 1 aliphatic heterocycles. The first-order valence-electron chi connectivity index (χ1n) is 7.59. The lowest BCUT2D eigenvalue weighted by Gasteiger charge is -2.28. The first kappa shape index (κ1) is 16.8. The number of carbonyl (C=O) groups excluding carboxylic acids is 2. The molecular weight excluding hydrogens is 298 g/mol. The summed E-state index contributed by atoms with van der Waals surface area (Å²) in [7, 11) is 0. The molecular formula is C16H21N3O4. The van der Waals surface area contributed by atoms with Crippen LogP contribution in [0.5, 0.6) is 0 Å². The monoisotopic (exact) mass is 319 g/mol. The van der Waals surface area contributed by atoms with Gasteiger partial charge in [-0.15, -0.1) is 0 Å². The molecule has 3 N–H and O–H groups in total. The molecule has 23 heavy (non-hydrogen) atoms. The molecule has 1 heterocycles. The highest BCUT2D eigenvalue weighted by Gasteiger charge is 2.20. The Morgan fingerprint density at radius 3 is 2.65 bits per heavy atom. The number of carbonyl (C=O) groups is 3. The summed E-state index contributed by atoms with van der Waals surface area (Å²) in [6.45, 7) is 2.77. The number of carboxylic acids is 1. The van der Waals surface area contributed by atoms with Crippen molar-refractivity contribution in [2.45, 2.75) is 32.4 Å². The molecule has 1 aliphatic rings. The summed E-state index contributed by atoms with van der Waals surface area (Å²) in [5.74, 6) is -1.49. The molecule has 3 amide bonds. The fourth-order valence-corrected chi connectivity index (χ4v) is 2.44. The van der Waals surface area contributed by atoms with Crippen molar-refractivity contribution in [1.82, 2.24) is 15.5 Å². The molecule has 124 valence electrons. The second-order valence-electron chi connectivity index (χ2n) is 5.55. The summed E-state index contributed by atoms with van der Waals surface area (Å²) in [5, 5.41) is 13.7. The number of aliphatic carboxylic acids is 1. The third kappa shape index (κ3) is 4.70. The smallest absolute Gasteiger partial charge is 0.325 e. The fraction of sp³-hybridized carbons (Fsp3) is 0.438. The second kappa shape index (κ2) is 7.62. The van der Waals surface area contributed by atoms with E-state index in [9.17, 15) is 14.4 Å². The molecule has 0 bridgehead atoms. The van der Waals surface area contributed by atoms with Gasteiger partial charge in [-0.3, -0.25) is 9.59 Å². The maximum atomic E-state index is 12.1. The number of urea groups is 1. The van der Waals surface area contributed by atoms with Crippen LogP contribution in [0.2, 0.25) is 0 Å². The zero-order chi connectivity index (χ0) is 16.8. The van der Waals surface area contributed by atoms with Crippen molar-refractivity contribution in [1.29, 1.82) is 0 Å². The lowest BCUT2D eigenvalue weighted by Crippen LogP contribution is -2.44. The standard InChI is InChI=1S/C16H21N3O4/c1-11(15(21)22)18-14(20)6-8-17-16(23)19-9-7-12-4-2-3-5-13(12)10-19/h2-5,11H,6-10H2,1H3,(H,17,23)(H,18,20)(H,21,22)/t11-/m1/s1. The second-order valence-corrected chi connectivity index (χ2v) is 5.55. The normalized spacial score (nSPS) is 14.6. The highest BCUT2D eigenvalue weighted by Crippen LogP contribution is 2.18. The van der Waals surface area contributed by atoms with E-state index >= 15 is 0 Å². The van der Waals surface area contributed by atoms with Crippen molar-refractivity contribution < 1.29 is 19.5 Å². The molecule has 7 nitrogen and oxygen atoms in total. The molecule has 1 atom stereocenters. The van der Waals surface area contributed by atoms with Crippen LogP contribution in [0.1, 0.15) is 24.5 Å². The van der Waals surface area contributed by atoms with Gasteiger partial charge in [0, 0.05) is 26.1 Å². The van der Waals surface area contributed by atoms with Gasteiger partial charge in [-0.05, 0) is 24.5 Å². The minimum Gasteiger partial charge on any atom is -0.480 e. The Morgan fingerprint density at radius 2 is 1.96 bits per heavy atom. The number of rotatable bonds is 5. The Labute approximate surface area is 134 Å². The van der Waals surface area contributed by atoms with E-state index in [1.165, 1.54) is 12.5 Å². The van der Waals surface area contributed by atoms with Gasteiger partial charge in [0.15, 0.2) is 0 Å². The lowest BCUT2D eigenvalue weighted by atomic mass is 10.0. The first-order valence-corrected chi connectivity index (χ1v) is 7.59. The van der Waals surface area contributed by atoms with Crippen molar-refractivity contribution in [2.75, 3.05) is 13.1 Å². The number of hydrogen-bond donors (Lipinski definition) is 3. The molecule has 0 spiro atoms. The van der Waals surface area contributed by atoms with Gasteiger partial charge in [0.05, 0.1) is 0 Å². The van der Waals surface area contributed by atoms with Crippen LogP contribution in [0.4, 0.5) is 4.79 Å². The molecule has 1 aromatic carbocycles. The van der Waals surface area contributed by atoms with Gasteiger partial charge in [0.25, 0.3) is 0 Å². The van der Waals surface area contributed by atoms with E-state index in [2.05, 4.69) is 16.7 Å². The number of benzene rings is 1. The number of nitrogens with one attached hydrogen (secondary N) is 2. The van der Waals surface area contributed by atoms with E-state index in [4.69, 9.17) is 5.11 Å². The van der Waals surface area contributed by atoms with Gasteiger partial charge >= 0.3 is 12.0 Å². The van der Waals surface area contributed by atoms with Gasteiger partial charge in [-0.1, -0.05) is 24.3 Å². The Kier molecular flexibility index (Phi) is 5.56. The third-order valence-electron chi connectivity index (χ3n) is 3.79. The zero-order valence-electron chi connectivity index (χ0n) is 13.0. The van der Waals surface area contributed by atoms with E-state index in [1.54, 1.807) is 4.90 Å². The fourth-order valence-electron chi connectivity index (χ4n) is 2.44. The van der Waals surface area contributed by atoms with E-state index in [0.717, 1.165) is 12.0 Å². The maximum Gasteiger partial charge on any atom is 0.325 e. The van der Waals surface area contributed by atoms with Gasteiger partial charge in [-0.25, -0.2) is 4.79 Å². The largest absolute Gasteiger partial charge is 0.480 e. The van der Waals surface area contributed by atoms with Gasteiger partial charge in [-0.2, -0.15) is 0 Å². The molecule has 0 radical (unpaired) electrons. The average Bonchev–Trinajstić information content (AvgIpc) is 2.54. The highest BCUT2D eigenvalue weighted by atomic mass is 16.4. The van der Waals surface area contributed by atoms with E-state index in [-0.39, 0.29) is 19.0 Å². The summed E-state index contributed by atoms with van der Waals surface area (Å²) in [5.41, 5.74) is 2.40. The summed E-state index contributed by atoms with van der Waals surface area (Å²) >= 11 is 0. The van der Waals surface area contributed by atoms with Crippen LogP contribution in [-0.4, -0.2) is 47.0 Å². The van der Waals surface area contributed by atoms with E-state index < -0.39 is 17.9 Å². The van der Waals surface area contributed by atoms with E-state index in [1.807, 2.05) is 18.2 Å². The van der Waals surface area contributed by atoms with E-state index in [0.29, 0.717) is 13.1 Å². The zero-order valence-corrected chi connectivity index (χ0v) is 13.0. The predicted molar refractivity (Wildman–Crippen MR) is 83.8 cm³/mol. The Hall–Kier alpha value is -2.57. The minimum absolute atomic E-state index is 0.0494. The van der Waals surface area contributed by atoms with Crippen LogP contribution >= 0.6 is 0 Å². The van der Waals surface area contributed by atoms with Crippen LogP contribution in [0, 0.1) is 0 Å². The highest BCUT2D eigenvalue weighted by molar-refractivity contribution is 5.83. The van der Waals surface area contributed by atoms with Crippen molar-refractivity contribution in [2.24, 2.45) is 0 Å². The molecule has 0 saturated heterocycles. The molecule has 0 saturated carbocycles. The maximum absolute atomic E-state index is 12.1. The van der Waals surface area contributed by atoms with Crippen LogP contribution in [0.15, 0.2) is 24.3 Å². The van der Waals surface area contributed by atoms with Gasteiger partial charge in [0.2, 0.25) is 5.91 Å². The van der Waals surface area contributed by atoms with Crippen molar-refractivity contribution in [3.63, 3.8) is 0 Å². The van der Waals surface area contributed by atoms with Crippen molar-refractivity contribution >= 4 is 17.9 Å². The number of amides is 3. The van der Waals surface area contributed by atoms with Crippen LogP contribution in [-0.2, 0) is 22.6 Å². The summed E-state index contributed by atoms with van der Waals surface area (Å²) < 4.78 is 0. The Morgan fingerprint density at radius 1 is 1.26 bits per heavy atom. The quantitative estimate of drug-likeness (QED) is 0.745. The molecule has 2 rings (SSSR count). The number of fused-ring (bicyclic) bond motifs is 1. The SMILES string of the molecule is C[C@@H](NC(=O)CCNC(=O)N1CCc2ccccc2C1)C(=O)O. The number of nitrogens with zero attached hydrogens (tertiary/aromatic N) is 1.